The molecule has 3 nitrogen and oxygen atoms in total. The van der Waals surface area contributed by atoms with Crippen molar-refractivity contribution < 1.29 is 0 Å². The van der Waals surface area contributed by atoms with E-state index in [1.165, 1.54) is 30.6 Å². The smallest absolute Gasteiger partial charge is 0.166 e. The Morgan fingerprint density at radius 2 is 2.29 bits per heavy atom. The van der Waals surface area contributed by atoms with Crippen LogP contribution in [0, 0.1) is 11.8 Å². The molecule has 1 heterocycles. The number of likely N-dealkylation sites (N-methyl/N-ethyl adjacent to an activating group) is 1. The van der Waals surface area contributed by atoms with E-state index in [1.807, 2.05) is 11.3 Å². The molecule has 116 valence electrons. The monoisotopic (exact) mass is 323 g/mol. The minimum Gasteiger partial charge on any atom is -0.361 e. The molecule has 0 unspecified atom stereocenters. The van der Waals surface area contributed by atoms with E-state index in [2.05, 4.69) is 47.1 Å². The molecule has 0 amide bonds. The van der Waals surface area contributed by atoms with Gasteiger partial charge in [-0.05, 0) is 68.9 Å². The zero-order valence-corrected chi connectivity index (χ0v) is 14.5. The summed E-state index contributed by atoms with van der Waals surface area (Å²) >= 11 is 7.31. The summed E-state index contributed by atoms with van der Waals surface area (Å²) in [6, 6.07) is 5.30. The van der Waals surface area contributed by atoms with Crippen LogP contribution in [-0.2, 0) is 0 Å². The van der Waals surface area contributed by atoms with Gasteiger partial charge < -0.3 is 15.5 Å². The van der Waals surface area contributed by atoms with Gasteiger partial charge in [-0.1, -0.05) is 12.5 Å². The second-order valence-electron chi connectivity index (χ2n) is 6.63. The summed E-state index contributed by atoms with van der Waals surface area (Å²) in [5.41, 5.74) is 0. The second kappa shape index (κ2) is 6.63. The molecular formula is C16H25N3S2. The molecular weight excluding hydrogens is 298 g/mol. The Hall–Kier alpha value is -0.650. The predicted molar refractivity (Wildman–Crippen MR) is 93.7 cm³/mol. The first-order valence-electron chi connectivity index (χ1n) is 7.87. The van der Waals surface area contributed by atoms with Gasteiger partial charge in [0.15, 0.2) is 5.11 Å². The van der Waals surface area contributed by atoms with Crippen molar-refractivity contribution in [2.45, 2.75) is 37.8 Å². The topological polar surface area (TPSA) is 27.3 Å². The van der Waals surface area contributed by atoms with Gasteiger partial charge >= 0.3 is 0 Å². The van der Waals surface area contributed by atoms with Gasteiger partial charge in [0.25, 0.3) is 0 Å². The van der Waals surface area contributed by atoms with Crippen molar-refractivity contribution in [1.82, 2.24) is 15.5 Å². The lowest BCUT2D eigenvalue weighted by Gasteiger charge is -2.27. The van der Waals surface area contributed by atoms with Crippen LogP contribution >= 0.6 is 23.6 Å². The Bertz CT molecular complexity index is 472. The zero-order valence-electron chi connectivity index (χ0n) is 12.8. The summed E-state index contributed by atoms with van der Waals surface area (Å²) in [6.07, 6.45) is 5.55. The maximum atomic E-state index is 5.50. The fraction of sp³-hybridized carbons (Fsp3) is 0.688. The lowest BCUT2D eigenvalue weighted by molar-refractivity contribution is 0.302. The van der Waals surface area contributed by atoms with Gasteiger partial charge in [0.2, 0.25) is 0 Å². The van der Waals surface area contributed by atoms with Crippen molar-refractivity contribution in [3.05, 3.63) is 22.4 Å². The minimum atomic E-state index is 0.379. The Kier molecular flexibility index (Phi) is 4.82. The number of hydrogen-bond acceptors (Lipinski definition) is 3. The molecule has 0 aliphatic heterocycles. The number of nitrogens with one attached hydrogen (secondary N) is 2. The molecule has 0 spiro atoms. The van der Waals surface area contributed by atoms with E-state index < -0.39 is 0 Å². The maximum absolute atomic E-state index is 5.50. The van der Waals surface area contributed by atoms with Gasteiger partial charge in [-0.2, -0.15) is 0 Å². The second-order valence-corrected chi connectivity index (χ2v) is 8.02. The number of thiophene rings is 1. The summed E-state index contributed by atoms with van der Waals surface area (Å²) in [7, 11) is 4.25. The fourth-order valence-corrected chi connectivity index (χ4v) is 5.01. The van der Waals surface area contributed by atoms with Gasteiger partial charge in [-0.25, -0.2) is 0 Å². The van der Waals surface area contributed by atoms with Crippen LogP contribution in [0.5, 0.6) is 0 Å². The summed E-state index contributed by atoms with van der Waals surface area (Å²) in [6.45, 7) is 0.861. The van der Waals surface area contributed by atoms with Crippen LogP contribution in [0.3, 0.4) is 0 Å². The average molecular weight is 324 g/mol. The van der Waals surface area contributed by atoms with Crippen molar-refractivity contribution in [3.63, 3.8) is 0 Å². The van der Waals surface area contributed by atoms with Crippen molar-refractivity contribution >= 4 is 28.7 Å². The number of nitrogens with zero attached hydrogens (tertiary/aromatic N) is 1. The first kappa shape index (κ1) is 15.3. The van der Waals surface area contributed by atoms with Gasteiger partial charge in [0.1, 0.15) is 0 Å². The van der Waals surface area contributed by atoms with Crippen molar-refractivity contribution in [3.8, 4) is 0 Å². The minimum absolute atomic E-state index is 0.379. The highest BCUT2D eigenvalue weighted by Crippen LogP contribution is 2.44. The normalized spacial score (nSPS) is 28.8. The third-order valence-electron chi connectivity index (χ3n) is 5.01. The largest absolute Gasteiger partial charge is 0.361 e. The maximum Gasteiger partial charge on any atom is 0.166 e. The molecule has 4 atom stereocenters. The zero-order chi connectivity index (χ0) is 14.8. The number of rotatable bonds is 5. The Balaban J connectivity index is 1.48. The van der Waals surface area contributed by atoms with Crippen LogP contribution in [0.1, 0.15) is 36.6 Å². The van der Waals surface area contributed by atoms with Crippen molar-refractivity contribution in [2.24, 2.45) is 11.8 Å². The number of thiocarbonyl (C=S) groups is 1. The molecule has 0 aromatic carbocycles. The molecule has 2 saturated carbocycles. The molecule has 2 N–H and O–H groups in total. The highest BCUT2D eigenvalue weighted by molar-refractivity contribution is 7.80. The summed E-state index contributed by atoms with van der Waals surface area (Å²) in [4.78, 5) is 3.63. The first-order valence-corrected chi connectivity index (χ1v) is 9.16. The molecule has 2 fully saturated rings. The Morgan fingerprint density at radius 1 is 1.43 bits per heavy atom. The molecule has 3 rings (SSSR count). The molecule has 0 saturated heterocycles. The molecule has 1 aromatic heterocycles. The SMILES string of the molecule is CN(C)[C@H](CNC(=S)N[C@@H]1C[C@@H]2CC[C@@H]1C2)c1cccs1. The third kappa shape index (κ3) is 3.58. The molecule has 1 aromatic rings. The molecule has 2 aliphatic rings. The van der Waals surface area contributed by atoms with Crippen molar-refractivity contribution in [2.75, 3.05) is 20.6 Å². The fourth-order valence-electron chi connectivity index (χ4n) is 3.85. The number of fused-ring (bicyclic) bond motifs is 2. The Labute approximate surface area is 137 Å². The molecule has 0 radical (unpaired) electrons. The van der Waals surface area contributed by atoms with Crippen LogP contribution in [0.2, 0.25) is 0 Å². The van der Waals surface area contributed by atoms with Crippen LogP contribution < -0.4 is 10.6 Å². The molecule has 2 bridgehead atoms. The third-order valence-corrected chi connectivity index (χ3v) is 6.24. The predicted octanol–water partition coefficient (Wildman–Crippen LogP) is 3.00. The summed E-state index contributed by atoms with van der Waals surface area (Å²) in [5, 5.41) is 9.95. The standard InChI is InChI=1S/C16H25N3S2/c1-19(2)14(15-4-3-7-21-15)10-17-16(20)18-13-9-11-5-6-12(13)8-11/h3-4,7,11-14H,5-6,8-10H2,1-2H3,(H2,17,18,20)/t11-,12-,13-,14-/m1/s1. The highest BCUT2D eigenvalue weighted by atomic mass is 32.1. The summed E-state index contributed by atoms with van der Waals surface area (Å²) < 4.78 is 0. The highest BCUT2D eigenvalue weighted by Gasteiger charge is 2.39. The van der Waals surface area contributed by atoms with E-state index in [1.54, 1.807) is 0 Å². The van der Waals surface area contributed by atoms with Gasteiger partial charge in [-0.15, -0.1) is 11.3 Å². The molecule has 2 aliphatic carbocycles. The van der Waals surface area contributed by atoms with E-state index in [-0.39, 0.29) is 0 Å². The summed E-state index contributed by atoms with van der Waals surface area (Å²) in [5.74, 6) is 1.81. The van der Waals surface area contributed by atoms with Crippen LogP contribution in [-0.4, -0.2) is 36.7 Å². The quantitative estimate of drug-likeness (QED) is 0.815. The van der Waals surface area contributed by atoms with Crippen LogP contribution in [0.15, 0.2) is 17.5 Å². The van der Waals surface area contributed by atoms with Gasteiger partial charge in [0.05, 0.1) is 6.04 Å². The van der Waals surface area contributed by atoms with E-state index >= 15 is 0 Å². The lowest BCUT2D eigenvalue weighted by atomic mass is 9.96. The van der Waals surface area contributed by atoms with Crippen molar-refractivity contribution in [1.29, 1.82) is 0 Å². The average Bonchev–Trinajstić information content (AvgIpc) is 3.15. The van der Waals surface area contributed by atoms with Gasteiger partial charge in [0, 0.05) is 17.5 Å². The van der Waals surface area contributed by atoms with E-state index in [0.717, 1.165) is 23.5 Å². The molecule has 5 heteroatoms. The lowest BCUT2D eigenvalue weighted by Crippen LogP contribution is -2.46. The molecule has 21 heavy (non-hydrogen) atoms. The Morgan fingerprint density at radius 3 is 2.86 bits per heavy atom. The first-order chi connectivity index (χ1) is 10.1. The van der Waals surface area contributed by atoms with E-state index in [4.69, 9.17) is 12.2 Å². The van der Waals surface area contributed by atoms with Gasteiger partial charge in [-0.3, -0.25) is 0 Å². The number of hydrogen-bond donors (Lipinski definition) is 2. The van der Waals surface area contributed by atoms with E-state index in [0.29, 0.717) is 12.1 Å². The van der Waals surface area contributed by atoms with Crippen LogP contribution in [0.25, 0.3) is 0 Å². The van der Waals surface area contributed by atoms with E-state index in [9.17, 15) is 0 Å². The van der Waals surface area contributed by atoms with Crippen LogP contribution in [0.4, 0.5) is 0 Å².